The summed E-state index contributed by atoms with van der Waals surface area (Å²) in [6.07, 6.45) is 6.30. The highest BCUT2D eigenvalue weighted by Gasteiger charge is 2.25. The molecule has 150 valence electrons. The molecule has 1 atom stereocenters. The van der Waals surface area contributed by atoms with Crippen LogP contribution < -0.4 is 22.9 Å². The van der Waals surface area contributed by atoms with E-state index in [1.54, 1.807) is 12.1 Å². The molecule has 8 nitrogen and oxygen atoms in total. The van der Waals surface area contributed by atoms with Gasteiger partial charge < -0.3 is 22.9 Å². The summed E-state index contributed by atoms with van der Waals surface area (Å²) in [6.45, 7) is 5.78. The average Bonchev–Trinajstić information content (AvgIpc) is 2.65. The molecular formula is C21H26N8. The van der Waals surface area contributed by atoms with Gasteiger partial charge >= 0.3 is 0 Å². The Bertz CT molecular complexity index is 1060. The Morgan fingerprint density at radius 2 is 1.31 bits per heavy atom. The summed E-state index contributed by atoms with van der Waals surface area (Å²) >= 11 is 0. The average molecular weight is 390 g/mol. The lowest BCUT2D eigenvalue weighted by Gasteiger charge is -2.22. The van der Waals surface area contributed by atoms with Gasteiger partial charge in [-0.3, -0.25) is 0 Å². The number of nitrogens with two attached hydrogens (primary N) is 4. The van der Waals surface area contributed by atoms with Crippen molar-refractivity contribution in [3.05, 3.63) is 59.3 Å². The Labute approximate surface area is 170 Å². The summed E-state index contributed by atoms with van der Waals surface area (Å²) in [5, 5.41) is 17.5. The minimum absolute atomic E-state index is 0.487. The van der Waals surface area contributed by atoms with Crippen LogP contribution in [-0.4, -0.2) is 5.54 Å². The van der Waals surface area contributed by atoms with E-state index in [1.165, 1.54) is 0 Å². The molecule has 2 aromatic carbocycles. The van der Waals surface area contributed by atoms with E-state index in [1.807, 2.05) is 51.1 Å². The molecule has 0 saturated carbocycles. The van der Waals surface area contributed by atoms with Crippen molar-refractivity contribution in [3.8, 4) is 0 Å². The van der Waals surface area contributed by atoms with Crippen LogP contribution in [-0.2, 0) is 0 Å². The molecule has 3 rings (SSSR count). The van der Waals surface area contributed by atoms with Gasteiger partial charge in [-0.15, -0.1) is 5.11 Å². The number of hydrogen-bond donors (Lipinski definition) is 4. The summed E-state index contributed by atoms with van der Waals surface area (Å²) in [5.74, 6) is 0. The molecule has 1 unspecified atom stereocenters. The zero-order valence-corrected chi connectivity index (χ0v) is 16.8. The van der Waals surface area contributed by atoms with E-state index in [9.17, 15) is 0 Å². The maximum Gasteiger partial charge on any atom is 0.109 e. The van der Waals surface area contributed by atoms with Gasteiger partial charge in [-0.25, -0.2) is 0 Å². The lowest BCUT2D eigenvalue weighted by molar-refractivity contribution is 0.542. The maximum atomic E-state index is 6.01. The molecule has 0 amide bonds. The lowest BCUT2D eigenvalue weighted by Crippen LogP contribution is -2.20. The van der Waals surface area contributed by atoms with Gasteiger partial charge in [0.2, 0.25) is 0 Å². The van der Waals surface area contributed by atoms with E-state index in [4.69, 9.17) is 22.9 Å². The molecule has 2 aromatic rings. The number of aryl methyl sites for hydroxylation is 2. The summed E-state index contributed by atoms with van der Waals surface area (Å²) in [5.41, 5.74) is 29.2. The van der Waals surface area contributed by atoms with Gasteiger partial charge in [-0.1, -0.05) is 12.2 Å². The highest BCUT2D eigenvalue weighted by Crippen LogP contribution is 2.34. The van der Waals surface area contributed by atoms with Crippen molar-refractivity contribution in [3.63, 3.8) is 0 Å². The van der Waals surface area contributed by atoms with Gasteiger partial charge in [0.15, 0.2) is 0 Å². The van der Waals surface area contributed by atoms with E-state index in [0.29, 0.717) is 40.5 Å². The molecule has 29 heavy (non-hydrogen) atoms. The number of anilines is 4. The van der Waals surface area contributed by atoms with Crippen molar-refractivity contribution in [2.75, 3.05) is 22.9 Å². The van der Waals surface area contributed by atoms with Crippen molar-refractivity contribution in [2.45, 2.75) is 32.7 Å². The van der Waals surface area contributed by atoms with E-state index in [2.05, 4.69) is 20.5 Å². The number of hydrogen-bond acceptors (Lipinski definition) is 8. The molecule has 0 heterocycles. The summed E-state index contributed by atoms with van der Waals surface area (Å²) in [4.78, 5) is 0. The minimum atomic E-state index is -0.562. The molecule has 0 fully saturated rings. The van der Waals surface area contributed by atoms with E-state index in [-0.39, 0.29) is 0 Å². The fraction of sp³-hybridized carbons (Fsp3) is 0.238. The zero-order chi connectivity index (χ0) is 21.2. The predicted octanol–water partition coefficient (Wildman–Crippen LogP) is 5.10. The van der Waals surface area contributed by atoms with Crippen LogP contribution in [0.2, 0.25) is 0 Å². The SMILES string of the molecule is Cc1cc(N=NC2=CC=CC(C)(N=Nc3cc(C)c(N)cc3N)C2)c(N)cc1N. The third-order valence-electron chi connectivity index (χ3n) is 4.79. The highest BCUT2D eigenvalue weighted by atomic mass is 15.2. The Balaban J connectivity index is 1.78. The van der Waals surface area contributed by atoms with Crippen molar-refractivity contribution in [2.24, 2.45) is 20.5 Å². The Kier molecular flexibility index (Phi) is 5.36. The van der Waals surface area contributed by atoms with Crippen LogP contribution in [0.1, 0.15) is 24.5 Å². The monoisotopic (exact) mass is 390 g/mol. The van der Waals surface area contributed by atoms with Crippen LogP contribution in [0.5, 0.6) is 0 Å². The molecular weight excluding hydrogens is 364 g/mol. The van der Waals surface area contributed by atoms with Crippen LogP contribution in [0.25, 0.3) is 0 Å². The molecule has 0 saturated heterocycles. The second-order valence-corrected chi connectivity index (χ2v) is 7.49. The maximum absolute atomic E-state index is 6.01. The number of nitrogens with zero attached hydrogens (tertiary/aromatic N) is 4. The van der Waals surface area contributed by atoms with Crippen LogP contribution in [0.3, 0.4) is 0 Å². The standard InChI is InChI=1S/C21H26N8/c1-12-7-19(17(24)9-15(12)22)27-26-14-5-4-6-21(3,11-14)29-28-20-8-13(2)16(23)10-18(20)25/h4-10H,11,22-25H2,1-3H3. The van der Waals surface area contributed by atoms with E-state index < -0.39 is 5.54 Å². The molecule has 0 radical (unpaired) electrons. The molecule has 1 aliphatic carbocycles. The molecule has 1 aliphatic rings. The Morgan fingerprint density at radius 3 is 1.90 bits per heavy atom. The van der Waals surface area contributed by atoms with E-state index in [0.717, 1.165) is 16.8 Å². The first-order chi connectivity index (χ1) is 13.7. The van der Waals surface area contributed by atoms with Crippen molar-refractivity contribution >= 4 is 34.1 Å². The number of benzene rings is 2. The molecule has 0 aliphatic heterocycles. The van der Waals surface area contributed by atoms with Crippen LogP contribution in [0.15, 0.2) is 68.6 Å². The summed E-state index contributed by atoms with van der Waals surface area (Å²) in [7, 11) is 0. The van der Waals surface area contributed by atoms with E-state index >= 15 is 0 Å². The highest BCUT2D eigenvalue weighted by molar-refractivity contribution is 5.71. The van der Waals surface area contributed by atoms with Crippen molar-refractivity contribution in [1.29, 1.82) is 0 Å². The fourth-order valence-corrected chi connectivity index (χ4v) is 2.90. The summed E-state index contributed by atoms with van der Waals surface area (Å²) < 4.78 is 0. The fourth-order valence-electron chi connectivity index (χ4n) is 2.90. The third-order valence-corrected chi connectivity index (χ3v) is 4.79. The quantitative estimate of drug-likeness (QED) is 0.423. The first kappa shape index (κ1) is 20.1. The summed E-state index contributed by atoms with van der Waals surface area (Å²) in [6, 6.07) is 7.03. The second-order valence-electron chi connectivity index (χ2n) is 7.49. The smallest absolute Gasteiger partial charge is 0.109 e. The number of rotatable bonds is 4. The number of allylic oxidation sites excluding steroid dienone is 2. The topological polar surface area (TPSA) is 154 Å². The predicted molar refractivity (Wildman–Crippen MR) is 119 cm³/mol. The van der Waals surface area contributed by atoms with Gasteiger partial charge in [0.05, 0.1) is 17.1 Å². The molecule has 0 bridgehead atoms. The molecule has 8 N–H and O–H groups in total. The van der Waals surface area contributed by atoms with Crippen LogP contribution in [0.4, 0.5) is 34.1 Å². The normalized spacial score (nSPS) is 19.2. The van der Waals surface area contributed by atoms with Crippen LogP contribution >= 0.6 is 0 Å². The zero-order valence-electron chi connectivity index (χ0n) is 16.8. The Morgan fingerprint density at radius 1 is 0.759 bits per heavy atom. The second kappa shape index (κ2) is 7.75. The first-order valence-corrected chi connectivity index (χ1v) is 9.21. The molecule has 0 aromatic heterocycles. The largest absolute Gasteiger partial charge is 0.398 e. The number of nitrogen functional groups attached to an aromatic ring is 4. The lowest BCUT2D eigenvalue weighted by atomic mass is 9.93. The van der Waals surface area contributed by atoms with Gasteiger partial charge in [0.25, 0.3) is 0 Å². The number of azo groups is 2. The third kappa shape index (κ3) is 4.60. The van der Waals surface area contributed by atoms with Gasteiger partial charge in [0.1, 0.15) is 16.9 Å². The van der Waals surface area contributed by atoms with Gasteiger partial charge in [-0.05, 0) is 62.2 Å². The van der Waals surface area contributed by atoms with Crippen molar-refractivity contribution < 1.29 is 0 Å². The van der Waals surface area contributed by atoms with Crippen molar-refractivity contribution in [1.82, 2.24) is 0 Å². The van der Waals surface area contributed by atoms with Gasteiger partial charge in [-0.2, -0.15) is 15.3 Å². The molecule has 0 spiro atoms. The molecule has 8 heteroatoms. The van der Waals surface area contributed by atoms with Gasteiger partial charge in [0, 0.05) is 17.8 Å². The Hall–Kier alpha value is -3.68. The first-order valence-electron chi connectivity index (χ1n) is 9.21. The minimum Gasteiger partial charge on any atom is -0.398 e. The van der Waals surface area contributed by atoms with Crippen LogP contribution in [0, 0.1) is 13.8 Å².